The predicted octanol–water partition coefficient (Wildman–Crippen LogP) is 5.03. The van der Waals surface area contributed by atoms with Gasteiger partial charge in [-0.2, -0.15) is 0 Å². The number of anilines is 1. The predicted molar refractivity (Wildman–Crippen MR) is 98.1 cm³/mol. The van der Waals surface area contributed by atoms with Crippen LogP contribution < -0.4 is 5.32 Å². The molecule has 1 unspecified atom stereocenters. The molecule has 1 aliphatic carbocycles. The molecule has 1 atom stereocenters. The second kappa shape index (κ2) is 7.31. The normalized spacial score (nSPS) is 16.0. The molecule has 126 valence electrons. The zero-order chi connectivity index (χ0) is 17.8. The van der Waals surface area contributed by atoms with Crippen LogP contribution in [0.25, 0.3) is 4.85 Å². The Kier molecular flexibility index (Phi) is 4.95. The second-order valence-electron chi connectivity index (χ2n) is 6.37. The fourth-order valence-corrected chi connectivity index (χ4v) is 3.31. The number of nitrogens with zero attached hydrogens (tertiary/aromatic N) is 1. The monoisotopic (exact) mass is 332 g/mol. The molecule has 25 heavy (non-hydrogen) atoms. The molecule has 0 saturated heterocycles. The summed E-state index contributed by atoms with van der Waals surface area (Å²) in [6.45, 7) is 9.05. The van der Waals surface area contributed by atoms with Gasteiger partial charge < -0.3 is 5.32 Å². The van der Waals surface area contributed by atoms with E-state index < -0.39 is 0 Å². The Morgan fingerprint density at radius 3 is 2.68 bits per heavy atom. The van der Waals surface area contributed by atoms with Crippen LogP contribution in [0.4, 0.5) is 11.4 Å². The van der Waals surface area contributed by atoms with E-state index >= 15 is 0 Å². The highest BCUT2D eigenvalue weighted by molar-refractivity contribution is 6.05. The highest BCUT2D eigenvalue weighted by Gasteiger charge is 2.26. The lowest BCUT2D eigenvalue weighted by atomic mass is 9.80. The first kappa shape index (κ1) is 16.9. The van der Waals surface area contributed by atoms with E-state index in [1.54, 1.807) is 30.3 Å². The summed E-state index contributed by atoms with van der Waals surface area (Å²) in [6.07, 6.45) is 3.72. The third-order valence-electron chi connectivity index (χ3n) is 4.66. The number of carbonyl (C=O) groups is 2. The van der Waals surface area contributed by atoms with E-state index in [9.17, 15) is 9.59 Å². The average Bonchev–Trinajstić information content (AvgIpc) is 2.64. The first-order valence-corrected chi connectivity index (χ1v) is 8.58. The summed E-state index contributed by atoms with van der Waals surface area (Å²) in [7, 11) is 0. The van der Waals surface area contributed by atoms with Gasteiger partial charge in [-0.05, 0) is 43.0 Å². The van der Waals surface area contributed by atoms with E-state index in [4.69, 9.17) is 6.57 Å². The van der Waals surface area contributed by atoms with Crippen LogP contribution in [0.15, 0.2) is 42.5 Å². The van der Waals surface area contributed by atoms with Crippen LogP contribution in [0.1, 0.15) is 52.5 Å². The van der Waals surface area contributed by atoms with Crippen molar-refractivity contribution in [2.24, 2.45) is 5.92 Å². The largest absolute Gasteiger partial charge is 0.322 e. The Hall–Kier alpha value is -2.93. The van der Waals surface area contributed by atoms with Crippen LogP contribution in [0.3, 0.4) is 0 Å². The highest BCUT2D eigenvalue weighted by Crippen LogP contribution is 2.30. The average molecular weight is 332 g/mol. The molecule has 1 aliphatic rings. The fraction of sp³-hybridized carbons (Fsp3) is 0.286. The number of aryl methyl sites for hydroxylation is 1. The van der Waals surface area contributed by atoms with Crippen LogP contribution in [0.5, 0.6) is 0 Å². The van der Waals surface area contributed by atoms with Crippen molar-refractivity contribution in [3.05, 3.63) is 70.6 Å². The molecule has 1 amide bonds. The van der Waals surface area contributed by atoms with Crippen molar-refractivity contribution in [3.8, 4) is 0 Å². The van der Waals surface area contributed by atoms with Crippen molar-refractivity contribution in [2.45, 2.75) is 32.6 Å². The number of carbonyl (C=O) groups excluding carboxylic acids is 2. The number of Topliss-reactive ketones (excluding diaryl/α,β-unsaturated/α-hetero) is 1. The Balaban J connectivity index is 1.75. The maximum atomic E-state index is 12.5. The van der Waals surface area contributed by atoms with Crippen molar-refractivity contribution < 1.29 is 9.59 Å². The summed E-state index contributed by atoms with van der Waals surface area (Å²) in [5, 5.41) is 2.87. The quantitative estimate of drug-likeness (QED) is 0.798. The first-order valence-electron chi connectivity index (χ1n) is 8.58. The molecular formula is C21H20N2O2. The molecule has 0 spiro atoms. The summed E-state index contributed by atoms with van der Waals surface area (Å²) < 4.78 is 0. The summed E-state index contributed by atoms with van der Waals surface area (Å²) in [4.78, 5) is 28.2. The van der Waals surface area contributed by atoms with Crippen molar-refractivity contribution in [3.63, 3.8) is 0 Å². The van der Waals surface area contributed by atoms with Gasteiger partial charge in [-0.3, -0.25) is 9.59 Å². The third kappa shape index (κ3) is 3.61. The van der Waals surface area contributed by atoms with Crippen LogP contribution in [0.2, 0.25) is 0 Å². The molecule has 2 aromatic rings. The van der Waals surface area contributed by atoms with E-state index in [0.29, 0.717) is 16.9 Å². The summed E-state index contributed by atoms with van der Waals surface area (Å²) in [6, 6.07) is 12.1. The highest BCUT2D eigenvalue weighted by atomic mass is 16.1. The minimum Gasteiger partial charge on any atom is -0.322 e. The standard InChI is InChI=1S/C21H20N2O2/c1-3-4-14-5-6-16-13-18(11-12-19(16)20(14)24)23-21(25)15-7-9-17(22-2)10-8-15/h7-14H,3-6H2,1H3,(H,23,25). The van der Waals surface area contributed by atoms with Gasteiger partial charge in [0.2, 0.25) is 0 Å². The number of amides is 1. The number of hydrogen-bond acceptors (Lipinski definition) is 2. The Labute approximate surface area is 147 Å². The molecule has 4 heteroatoms. The van der Waals surface area contributed by atoms with E-state index in [1.165, 1.54) is 0 Å². The molecule has 4 nitrogen and oxygen atoms in total. The zero-order valence-corrected chi connectivity index (χ0v) is 14.2. The Morgan fingerprint density at radius 2 is 2.00 bits per heavy atom. The zero-order valence-electron chi connectivity index (χ0n) is 14.2. The molecule has 0 saturated carbocycles. The molecule has 0 aromatic heterocycles. The fourth-order valence-electron chi connectivity index (χ4n) is 3.31. The van der Waals surface area contributed by atoms with Crippen LogP contribution in [-0.2, 0) is 6.42 Å². The van der Waals surface area contributed by atoms with Gasteiger partial charge in [0.1, 0.15) is 0 Å². The van der Waals surface area contributed by atoms with Gasteiger partial charge >= 0.3 is 0 Å². The lowest BCUT2D eigenvalue weighted by Crippen LogP contribution is -2.22. The maximum Gasteiger partial charge on any atom is 0.255 e. The Morgan fingerprint density at radius 1 is 1.24 bits per heavy atom. The molecule has 1 N–H and O–H groups in total. The summed E-state index contributed by atoms with van der Waals surface area (Å²) >= 11 is 0. The molecule has 0 bridgehead atoms. The number of nitrogens with one attached hydrogen (secondary N) is 1. The number of fused-ring (bicyclic) bond motifs is 1. The number of hydrogen-bond donors (Lipinski definition) is 1. The third-order valence-corrected chi connectivity index (χ3v) is 4.66. The minimum atomic E-state index is -0.220. The molecule has 3 rings (SSSR count). The van der Waals surface area contributed by atoms with Crippen molar-refractivity contribution in [1.82, 2.24) is 0 Å². The Bertz CT molecular complexity index is 847. The molecule has 2 aromatic carbocycles. The van der Waals surface area contributed by atoms with Gasteiger partial charge in [0.25, 0.3) is 5.91 Å². The molecule has 0 aliphatic heterocycles. The number of benzene rings is 2. The second-order valence-corrected chi connectivity index (χ2v) is 6.37. The van der Waals surface area contributed by atoms with Crippen LogP contribution in [-0.4, -0.2) is 11.7 Å². The van der Waals surface area contributed by atoms with Gasteiger partial charge in [-0.1, -0.05) is 37.6 Å². The number of rotatable bonds is 4. The SMILES string of the molecule is [C-]#[N+]c1ccc(C(=O)Nc2ccc3c(c2)CCC(CCC)C3=O)cc1. The molecule has 0 radical (unpaired) electrons. The van der Waals surface area contributed by atoms with Crippen molar-refractivity contribution in [1.29, 1.82) is 0 Å². The van der Waals surface area contributed by atoms with Gasteiger partial charge in [-0.15, -0.1) is 0 Å². The summed E-state index contributed by atoms with van der Waals surface area (Å²) in [5.41, 5.74) is 3.51. The van der Waals surface area contributed by atoms with Gasteiger partial charge in [0.05, 0.1) is 6.57 Å². The van der Waals surface area contributed by atoms with Crippen molar-refractivity contribution in [2.75, 3.05) is 5.32 Å². The lowest BCUT2D eigenvalue weighted by molar-refractivity contribution is 0.0894. The lowest BCUT2D eigenvalue weighted by Gasteiger charge is -2.23. The van der Waals surface area contributed by atoms with E-state index in [0.717, 1.165) is 36.8 Å². The van der Waals surface area contributed by atoms with Gasteiger partial charge in [0, 0.05) is 22.7 Å². The van der Waals surface area contributed by atoms with E-state index in [-0.39, 0.29) is 17.6 Å². The maximum absolute atomic E-state index is 12.5. The van der Waals surface area contributed by atoms with E-state index in [1.807, 2.05) is 12.1 Å². The topological polar surface area (TPSA) is 50.5 Å². The first-order chi connectivity index (χ1) is 12.1. The van der Waals surface area contributed by atoms with Gasteiger partial charge in [0.15, 0.2) is 11.5 Å². The van der Waals surface area contributed by atoms with Crippen molar-refractivity contribution >= 4 is 23.1 Å². The smallest absolute Gasteiger partial charge is 0.255 e. The molecular weight excluding hydrogens is 312 g/mol. The minimum absolute atomic E-state index is 0.138. The molecule has 0 heterocycles. The molecule has 0 fully saturated rings. The number of ketones is 1. The summed E-state index contributed by atoms with van der Waals surface area (Å²) in [5.74, 6) is 0.150. The van der Waals surface area contributed by atoms with E-state index in [2.05, 4.69) is 17.1 Å². The van der Waals surface area contributed by atoms with Crippen LogP contribution >= 0.6 is 0 Å². The van der Waals surface area contributed by atoms with Crippen LogP contribution in [0, 0.1) is 12.5 Å². The van der Waals surface area contributed by atoms with Gasteiger partial charge in [-0.25, -0.2) is 4.85 Å².